The first-order chi connectivity index (χ1) is 7.18. The standard InChI is InChI=1S/C11H11ClN2O/c1-14-7-13-6-10(14)11(15)8-3-2-4-9(12)5-8/h2-7,11,15H,1H3. The molecule has 1 unspecified atom stereocenters. The van der Waals surface area contributed by atoms with Crippen LogP contribution in [0.1, 0.15) is 17.4 Å². The molecule has 0 aliphatic heterocycles. The molecule has 0 aliphatic carbocycles. The van der Waals surface area contributed by atoms with Crippen molar-refractivity contribution in [3.8, 4) is 0 Å². The van der Waals surface area contributed by atoms with Crippen LogP contribution < -0.4 is 0 Å². The van der Waals surface area contributed by atoms with Crippen molar-refractivity contribution in [2.24, 2.45) is 7.05 Å². The fourth-order valence-electron chi connectivity index (χ4n) is 1.48. The monoisotopic (exact) mass is 222 g/mol. The maximum absolute atomic E-state index is 10.1. The highest BCUT2D eigenvalue weighted by molar-refractivity contribution is 6.30. The Labute approximate surface area is 93.0 Å². The third kappa shape index (κ3) is 2.03. The van der Waals surface area contributed by atoms with E-state index in [1.807, 2.05) is 19.2 Å². The van der Waals surface area contributed by atoms with Gasteiger partial charge in [0, 0.05) is 12.1 Å². The number of hydrogen-bond donors (Lipinski definition) is 1. The topological polar surface area (TPSA) is 38.0 Å². The third-order valence-electron chi connectivity index (χ3n) is 2.30. The molecule has 4 heteroatoms. The molecule has 0 fully saturated rings. The van der Waals surface area contributed by atoms with Crippen LogP contribution in [0.3, 0.4) is 0 Å². The van der Waals surface area contributed by atoms with E-state index in [2.05, 4.69) is 4.98 Å². The number of nitrogens with zero attached hydrogens (tertiary/aromatic N) is 2. The Morgan fingerprint density at radius 2 is 2.27 bits per heavy atom. The molecule has 0 radical (unpaired) electrons. The molecule has 2 rings (SSSR count). The lowest BCUT2D eigenvalue weighted by atomic mass is 10.1. The number of aromatic nitrogens is 2. The smallest absolute Gasteiger partial charge is 0.121 e. The van der Waals surface area contributed by atoms with Gasteiger partial charge >= 0.3 is 0 Å². The van der Waals surface area contributed by atoms with Gasteiger partial charge < -0.3 is 9.67 Å². The van der Waals surface area contributed by atoms with Gasteiger partial charge in [-0.25, -0.2) is 4.98 Å². The Balaban J connectivity index is 2.36. The SMILES string of the molecule is Cn1cncc1C(O)c1cccc(Cl)c1. The zero-order chi connectivity index (χ0) is 10.8. The van der Waals surface area contributed by atoms with Gasteiger partial charge in [-0.2, -0.15) is 0 Å². The molecule has 78 valence electrons. The van der Waals surface area contributed by atoms with E-state index < -0.39 is 6.10 Å². The lowest BCUT2D eigenvalue weighted by Crippen LogP contribution is -2.04. The summed E-state index contributed by atoms with van der Waals surface area (Å²) in [7, 11) is 1.84. The van der Waals surface area contributed by atoms with Gasteiger partial charge in [0.25, 0.3) is 0 Å². The van der Waals surface area contributed by atoms with Crippen LogP contribution in [0.15, 0.2) is 36.8 Å². The van der Waals surface area contributed by atoms with Gasteiger partial charge in [-0.05, 0) is 17.7 Å². The van der Waals surface area contributed by atoms with E-state index in [0.717, 1.165) is 11.3 Å². The van der Waals surface area contributed by atoms with Crippen LogP contribution in [0.2, 0.25) is 5.02 Å². The van der Waals surface area contributed by atoms with E-state index in [1.165, 1.54) is 0 Å². The summed E-state index contributed by atoms with van der Waals surface area (Å²) < 4.78 is 1.78. The summed E-state index contributed by atoms with van der Waals surface area (Å²) >= 11 is 5.86. The van der Waals surface area contributed by atoms with Crippen molar-refractivity contribution in [3.63, 3.8) is 0 Å². The number of benzene rings is 1. The Morgan fingerprint density at radius 3 is 2.87 bits per heavy atom. The molecular weight excluding hydrogens is 212 g/mol. The number of halogens is 1. The van der Waals surface area contributed by atoms with Crippen LogP contribution >= 0.6 is 11.6 Å². The van der Waals surface area contributed by atoms with E-state index in [1.54, 1.807) is 29.2 Å². The minimum atomic E-state index is -0.684. The van der Waals surface area contributed by atoms with Crippen molar-refractivity contribution in [2.75, 3.05) is 0 Å². The van der Waals surface area contributed by atoms with Gasteiger partial charge in [0.2, 0.25) is 0 Å². The predicted octanol–water partition coefficient (Wildman–Crippen LogP) is 2.16. The molecule has 1 atom stereocenters. The van der Waals surface area contributed by atoms with E-state index in [-0.39, 0.29) is 0 Å². The van der Waals surface area contributed by atoms with E-state index >= 15 is 0 Å². The lowest BCUT2D eigenvalue weighted by molar-refractivity contribution is 0.211. The largest absolute Gasteiger partial charge is 0.382 e. The normalized spacial score (nSPS) is 12.7. The zero-order valence-corrected chi connectivity index (χ0v) is 9.02. The molecule has 0 saturated carbocycles. The molecule has 0 amide bonds. The highest BCUT2D eigenvalue weighted by atomic mass is 35.5. The molecule has 2 aromatic rings. The fraction of sp³-hybridized carbons (Fsp3) is 0.182. The first kappa shape index (κ1) is 10.2. The van der Waals surface area contributed by atoms with Gasteiger partial charge in [-0.15, -0.1) is 0 Å². The molecule has 1 N–H and O–H groups in total. The van der Waals surface area contributed by atoms with Gasteiger partial charge in [-0.1, -0.05) is 23.7 Å². The molecular formula is C11H11ClN2O. The maximum atomic E-state index is 10.1. The summed E-state index contributed by atoms with van der Waals surface area (Å²) in [6.45, 7) is 0. The number of imidazole rings is 1. The minimum absolute atomic E-state index is 0.619. The Morgan fingerprint density at radius 1 is 1.47 bits per heavy atom. The Kier molecular flexibility index (Phi) is 2.75. The van der Waals surface area contributed by atoms with Crippen molar-refractivity contribution in [2.45, 2.75) is 6.10 Å². The van der Waals surface area contributed by atoms with Crippen LogP contribution in [0.4, 0.5) is 0 Å². The van der Waals surface area contributed by atoms with Gasteiger partial charge in [0.05, 0.1) is 18.2 Å². The maximum Gasteiger partial charge on any atom is 0.121 e. The molecule has 1 aromatic heterocycles. The second kappa shape index (κ2) is 4.04. The van der Waals surface area contributed by atoms with Gasteiger partial charge in [0.15, 0.2) is 0 Å². The lowest BCUT2D eigenvalue weighted by Gasteiger charge is -2.11. The van der Waals surface area contributed by atoms with Crippen LogP contribution in [-0.4, -0.2) is 14.7 Å². The number of hydrogen-bond acceptors (Lipinski definition) is 2. The quantitative estimate of drug-likeness (QED) is 0.846. The van der Waals surface area contributed by atoms with Gasteiger partial charge in [0.1, 0.15) is 6.10 Å². The zero-order valence-electron chi connectivity index (χ0n) is 8.26. The molecule has 15 heavy (non-hydrogen) atoms. The summed E-state index contributed by atoms with van der Waals surface area (Å²) in [5.41, 5.74) is 1.52. The number of rotatable bonds is 2. The summed E-state index contributed by atoms with van der Waals surface area (Å²) in [6.07, 6.45) is 2.62. The second-order valence-electron chi connectivity index (χ2n) is 3.39. The number of aliphatic hydroxyl groups is 1. The molecule has 1 heterocycles. The first-order valence-corrected chi connectivity index (χ1v) is 4.96. The molecule has 3 nitrogen and oxygen atoms in total. The highest BCUT2D eigenvalue weighted by Crippen LogP contribution is 2.23. The van der Waals surface area contributed by atoms with Crippen molar-refractivity contribution >= 4 is 11.6 Å². The molecule has 0 bridgehead atoms. The predicted molar refractivity (Wildman–Crippen MR) is 58.7 cm³/mol. The van der Waals surface area contributed by atoms with E-state index in [4.69, 9.17) is 11.6 Å². The second-order valence-corrected chi connectivity index (χ2v) is 3.82. The highest BCUT2D eigenvalue weighted by Gasteiger charge is 2.13. The number of aliphatic hydroxyl groups excluding tert-OH is 1. The third-order valence-corrected chi connectivity index (χ3v) is 2.53. The average Bonchev–Trinajstić information content (AvgIpc) is 2.63. The van der Waals surface area contributed by atoms with Gasteiger partial charge in [-0.3, -0.25) is 0 Å². The van der Waals surface area contributed by atoms with E-state index in [9.17, 15) is 5.11 Å². The summed E-state index contributed by atoms with van der Waals surface area (Å²) in [4.78, 5) is 3.96. The average molecular weight is 223 g/mol. The van der Waals surface area contributed by atoms with E-state index in [0.29, 0.717) is 5.02 Å². The van der Waals surface area contributed by atoms with Crippen LogP contribution in [0, 0.1) is 0 Å². The van der Waals surface area contributed by atoms with Crippen molar-refractivity contribution in [1.82, 2.24) is 9.55 Å². The summed E-state index contributed by atoms with van der Waals surface area (Å²) in [6, 6.07) is 7.18. The minimum Gasteiger partial charge on any atom is -0.382 e. The van der Waals surface area contributed by atoms with Crippen LogP contribution in [0.25, 0.3) is 0 Å². The molecule has 0 aliphatic rings. The molecule has 0 saturated heterocycles. The Hall–Kier alpha value is -1.32. The van der Waals surface area contributed by atoms with Crippen molar-refractivity contribution < 1.29 is 5.11 Å². The van der Waals surface area contributed by atoms with Crippen molar-refractivity contribution in [3.05, 3.63) is 53.1 Å². The van der Waals surface area contributed by atoms with Crippen molar-refractivity contribution in [1.29, 1.82) is 0 Å². The molecule has 0 spiro atoms. The van der Waals surface area contributed by atoms with Crippen LogP contribution in [0.5, 0.6) is 0 Å². The molecule has 1 aromatic carbocycles. The number of aryl methyl sites for hydroxylation is 1. The fourth-order valence-corrected chi connectivity index (χ4v) is 1.68. The summed E-state index contributed by atoms with van der Waals surface area (Å²) in [5, 5.41) is 10.7. The summed E-state index contributed by atoms with van der Waals surface area (Å²) in [5.74, 6) is 0. The Bertz CT molecular complexity index is 467. The first-order valence-electron chi connectivity index (χ1n) is 4.58. The van der Waals surface area contributed by atoms with Crippen LogP contribution in [-0.2, 0) is 7.05 Å².